The van der Waals surface area contributed by atoms with Gasteiger partial charge in [0.15, 0.2) is 0 Å². The summed E-state index contributed by atoms with van der Waals surface area (Å²) in [4.78, 5) is 3.99. The molecule has 0 saturated heterocycles. The van der Waals surface area contributed by atoms with Crippen LogP contribution in [0.15, 0.2) is 47.3 Å². The molecule has 1 unspecified atom stereocenters. The van der Waals surface area contributed by atoms with E-state index in [4.69, 9.17) is 10.2 Å². The smallest absolute Gasteiger partial charge is 0.104 e. The van der Waals surface area contributed by atoms with Gasteiger partial charge in [-0.1, -0.05) is 0 Å². The van der Waals surface area contributed by atoms with Crippen LogP contribution in [0.2, 0.25) is 0 Å². The molecule has 0 saturated carbocycles. The molecule has 0 aliphatic carbocycles. The summed E-state index contributed by atoms with van der Waals surface area (Å²) in [5.74, 6) is 1.28. The van der Waals surface area contributed by atoms with E-state index >= 15 is 0 Å². The highest BCUT2D eigenvalue weighted by Crippen LogP contribution is 2.19. The molecule has 2 aromatic rings. The highest BCUT2D eigenvalue weighted by atomic mass is 16.3. The second-order valence-corrected chi connectivity index (χ2v) is 3.50. The Morgan fingerprint density at radius 1 is 1.27 bits per heavy atom. The first-order chi connectivity index (χ1) is 7.40. The number of furan rings is 1. The van der Waals surface area contributed by atoms with E-state index in [1.165, 1.54) is 5.56 Å². The maximum atomic E-state index is 5.76. The molecule has 2 heterocycles. The number of nitrogens with two attached hydrogens (primary N) is 1. The molecule has 15 heavy (non-hydrogen) atoms. The molecule has 3 nitrogen and oxygen atoms in total. The molecule has 0 spiro atoms. The molecule has 2 aromatic heterocycles. The van der Waals surface area contributed by atoms with Gasteiger partial charge < -0.3 is 10.2 Å². The fourth-order valence-corrected chi connectivity index (χ4v) is 1.64. The Hall–Kier alpha value is -1.61. The molecule has 3 heteroatoms. The van der Waals surface area contributed by atoms with Crippen molar-refractivity contribution in [1.29, 1.82) is 0 Å². The van der Waals surface area contributed by atoms with E-state index in [2.05, 4.69) is 4.98 Å². The third kappa shape index (κ3) is 2.44. The zero-order valence-corrected chi connectivity index (χ0v) is 8.47. The lowest BCUT2D eigenvalue weighted by molar-refractivity contribution is 0.486. The Balaban J connectivity index is 2.12. The molecule has 0 radical (unpaired) electrons. The molecule has 2 N–H and O–H groups in total. The van der Waals surface area contributed by atoms with Gasteiger partial charge in [-0.15, -0.1) is 0 Å². The van der Waals surface area contributed by atoms with Gasteiger partial charge in [0.25, 0.3) is 0 Å². The summed E-state index contributed by atoms with van der Waals surface area (Å²) in [7, 11) is 0. The van der Waals surface area contributed by atoms with Gasteiger partial charge in [-0.05, 0) is 36.4 Å². The van der Waals surface area contributed by atoms with Crippen molar-refractivity contribution in [2.45, 2.75) is 12.3 Å². The molecular weight excluding hydrogens is 188 g/mol. The van der Waals surface area contributed by atoms with Crippen molar-refractivity contribution in [3.05, 3.63) is 54.2 Å². The topological polar surface area (TPSA) is 52.0 Å². The van der Waals surface area contributed by atoms with Crippen LogP contribution in [0.4, 0.5) is 0 Å². The fourth-order valence-electron chi connectivity index (χ4n) is 1.64. The predicted octanol–water partition coefficient (Wildman–Crippen LogP) is 1.96. The number of hydrogen-bond donors (Lipinski definition) is 1. The third-order valence-electron chi connectivity index (χ3n) is 2.49. The van der Waals surface area contributed by atoms with Crippen molar-refractivity contribution in [3.8, 4) is 0 Å². The van der Waals surface area contributed by atoms with Crippen LogP contribution in [-0.4, -0.2) is 11.5 Å². The van der Waals surface area contributed by atoms with Gasteiger partial charge in [-0.2, -0.15) is 0 Å². The first-order valence-electron chi connectivity index (χ1n) is 5.02. The van der Waals surface area contributed by atoms with Crippen LogP contribution in [0, 0.1) is 0 Å². The number of rotatable bonds is 4. The number of pyridine rings is 1. The SMILES string of the molecule is NCC(Cc1ccco1)c1ccncc1. The molecule has 0 aromatic carbocycles. The van der Waals surface area contributed by atoms with Crippen molar-refractivity contribution in [2.24, 2.45) is 5.73 Å². The largest absolute Gasteiger partial charge is 0.469 e. The predicted molar refractivity (Wildman–Crippen MR) is 58.4 cm³/mol. The van der Waals surface area contributed by atoms with Crippen LogP contribution < -0.4 is 5.73 Å². The van der Waals surface area contributed by atoms with Crippen molar-refractivity contribution < 1.29 is 4.42 Å². The molecule has 0 fully saturated rings. The molecule has 0 aliphatic rings. The molecule has 2 rings (SSSR count). The summed E-state index contributed by atoms with van der Waals surface area (Å²) in [5.41, 5.74) is 6.97. The second kappa shape index (κ2) is 4.75. The highest BCUT2D eigenvalue weighted by molar-refractivity contribution is 5.18. The van der Waals surface area contributed by atoms with E-state index in [0.717, 1.165) is 12.2 Å². The molecule has 0 bridgehead atoms. The average Bonchev–Trinajstić information content (AvgIpc) is 2.80. The van der Waals surface area contributed by atoms with Crippen LogP contribution in [0.5, 0.6) is 0 Å². The first kappa shape index (κ1) is 9.93. The van der Waals surface area contributed by atoms with Gasteiger partial charge in [0.2, 0.25) is 0 Å². The van der Waals surface area contributed by atoms with Crippen LogP contribution in [-0.2, 0) is 6.42 Å². The Bertz CT molecular complexity index is 383. The number of hydrogen-bond acceptors (Lipinski definition) is 3. The standard InChI is InChI=1S/C12H14N2O/c13-9-11(8-12-2-1-7-15-12)10-3-5-14-6-4-10/h1-7,11H,8-9,13H2. The van der Waals surface area contributed by atoms with Crippen LogP contribution in [0.25, 0.3) is 0 Å². The lowest BCUT2D eigenvalue weighted by Crippen LogP contribution is -2.14. The molecule has 0 amide bonds. The van der Waals surface area contributed by atoms with Gasteiger partial charge in [-0.25, -0.2) is 0 Å². The average molecular weight is 202 g/mol. The summed E-state index contributed by atoms with van der Waals surface area (Å²) in [6, 6.07) is 7.88. The number of nitrogens with zero attached hydrogens (tertiary/aromatic N) is 1. The Labute approximate surface area is 88.9 Å². The van der Waals surface area contributed by atoms with Crippen molar-refractivity contribution in [1.82, 2.24) is 4.98 Å². The summed E-state index contributed by atoms with van der Waals surface area (Å²) >= 11 is 0. The molecule has 0 aliphatic heterocycles. The Morgan fingerprint density at radius 3 is 2.67 bits per heavy atom. The molecular formula is C12H14N2O. The van der Waals surface area contributed by atoms with Gasteiger partial charge in [0, 0.05) is 24.7 Å². The minimum Gasteiger partial charge on any atom is -0.469 e. The maximum absolute atomic E-state index is 5.76. The lowest BCUT2D eigenvalue weighted by atomic mass is 9.96. The van der Waals surface area contributed by atoms with Gasteiger partial charge >= 0.3 is 0 Å². The Kier molecular flexibility index (Phi) is 3.15. The van der Waals surface area contributed by atoms with Gasteiger partial charge in [0.1, 0.15) is 5.76 Å². The van der Waals surface area contributed by atoms with Crippen LogP contribution in [0.1, 0.15) is 17.2 Å². The lowest BCUT2D eigenvalue weighted by Gasteiger charge is -2.12. The zero-order chi connectivity index (χ0) is 10.5. The first-order valence-corrected chi connectivity index (χ1v) is 5.02. The summed E-state index contributed by atoms with van der Waals surface area (Å²) in [6.45, 7) is 0.616. The normalized spacial score (nSPS) is 12.6. The van der Waals surface area contributed by atoms with E-state index < -0.39 is 0 Å². The fraction of sp³-hybridized carbons (Fsp3) is 0.250. The Morgan fingerprint density at radius 2 is 2.07 bits per heavy atom. The van der Waals surface area contributed by atoms with Crippen LogP contribution >= 0.6 is 0 Å². The summed E-state index contributed by atoms with van der Waals surface area (Å²) in [6.07, 6.45) is 6.11. The molecule has 78 valence electrons. The van der Waals surface area contributed by atoms with Crippen LogP contribution in [0.3, 0.4) is 0 Å². The minimum atomic E-state index is 0.305. The van der Waals surface area contributed by atoms with Gasteiger partial charge in [-0.3, -0.25) is 4.98 Å². The zero-order valence-electron chi connectivity index (χ0n) is 8.47. The quantitative estimate of drug-likeness (QED) is 0.824. The summed E-state index contributed by atoms with van der Waals surface area (Å²) in [5, 5.41) is 0. The monoisotopic (exact) mass is 202 g/mol. The van der Waals surface area contributed by atoms with Crippen molar-refractivity contribution in [3.63, 3.8) is 0 Å². The number of aromatic nitrogens is 1. The van der Waals surface area contributed by atoms with E-state index in [9.17, 15) is 0 Å². The third-order valence-corrected chi connectivity index (χ3v) is 2.49. The highest BCUT2D eigenvalue weighted by Gasteiger charge is 2.11. The van der Waals surface area contributed by atoms with E-state index in [-0.39, 0.29) is 0 Å². The maximum Gasteiger partial charge on any atom is 0.104 e. The van der Waals surface area contributed by atoms with Gasteiger partial charge in [0.05, 0.1) is 6.26 Å². The van der Waals surface area contributed by atoms with E-state index in [1.54, 1.807) is 18.7 Å². The molecule has 1 atom stereocenters. The minimum absolute atomic E-state index is 0.305. The second-order valence-electron chi connectivity index (χ2n) is 3.50. The summed E-state index contributed by atoms with van der Waals surface area (Å²) < 4.78 is 5.32. The van der Waals surface area contributed by atoms with E-state index in [0.29, 0.717) is 12.5 Å². The van der Waals surface area contributed by atoms with Crippen molar-refractivity contribution >= 4 is 0 Å². The van der Waals surface area contributed by atoms with Crippen molar-refractivity contribution in [2.75, 3.05) is 6.54 Å². The van der Waals surface area contributed by atoms with E-state index in [1.807, 2.05) is 24.3 Å².